The molecular weight excluding hydrogens is 410 g/mol. The van der Waals surface area contributed by atoms with Crippen molar-refractivity contribution in [3.63, 3.8) is 0 Å². The molecule has 0 amide bonds. The van der Waals surface area contributed by atoms with Crippen molar-refractivity contribution in [2.24, 2.45) is 0 Å². The SMILES string of the molecule is C[C@H]1O[C@H](O[C@H]2[C@H](O)[C@@H](O)[C@H](O[C@H]3[C@H](O)CN[C@@H]3CO)O[C@@H]2CO)[C@H](O)[C@@H](O)[C@@H]1O. The summed E-state index contributed by atoms with van der Waals surface area (Å²) in [5, 5.41) is 82.7. The molecule has 0 aromatic carbocycles. The van der Waals surface area contributed by atoms with Crippen LogP contribution in [0.4, 0.5) is 0 Å². The van der Waals surface area contributed by atoms with E-state index in [1.54, 1.807) is 0 Å². The first-order chi connectivity index (χ1) is 14.2. The van der Waals surface area contributed by atoms with Crippen molar-refractivity contribution in [3.8, 4) is 0 Å². The molecule has 3 saturated heterocycles. The van der Waals surface area contributed by atoms with Crippen LogP contribution in [0.5, 0.6) is 0 Å². The minimum atomic E-state index is -1.67. The lowest BCUT2D eigenvalue weighted by Crippen LogP contribution is -2.64. The second-order valence-corrected chi connectivity index (χ2v) is 7.85. The molecule has 0 aromatic heterocycles. The van der Waals surface area contributed by atoms with Crippen LogP contribution >= 0.6 is 0 Å². The summed E-state index contributed by atoms with van der Waals surface area (Å²) >= 11 is 0. The van der Waals surface area contributed by atoms with Gasteiger partial charge in [-0.2, -0.15) is 0 Å². The van der Waals surface area contributed by atoms with Crippen LogP contribution in [0.2, 0.25) is 0 Å². The van der Waals surface area contributed by atoms with Gasteiger partial charge in [-0.3, -0.25) is 0 Å². The molecule has 0 aliphatic carbocycles. The Balaban J connectivity index is 1.68. The first-order valence-corrected chi connectivity index (χ1v) is 9.84. The molecule has 176 valence electrons. The van der Waals surface area contributed by atoms with E-state index in [1.807, 2.05) is 0 Å². The molecule has 3 aliphatic heterocycles. The van der Waals surface area contributed by atoms with Crippen LogP contribution in [0, 0.1) is 0 Å². The van der Waals surface area contributed by atoms with E-state index in [9.17, 15) is 40.9 Å². The maximum absolute atomic E-state index is 10.6. The molecule has 0 spiro atoms. The van der Waals surface area contributed by atoms with E-state index in [-0.39, 0.29) is 13.2 Å². The van der Waals surface area contributed by atoms with Gasteiger partial charge in [0.1, 0.15) is 48.8 Å². The summed E-state index contributed by atoms with van der Waals surface area (Å²) in [5.74, 6) is 0. The van der Waals surface area contributed by atoms with E-state index in [2.05, 4.69) is 5.32 Å². The Morgan fingerprint density at radius 1 is 0.767 bits per heavy atom. The van der Waals surface area contributed by atoms with Gasteiger partial charge in [-0.05, 0) is 6.92 Å². The molecule has 0 saturated carbocycles. The smallest absolute Gasteiger partial charge is 0.187 e. The largest absolute Gasteiger partial charge is 0.395 e. The molecule has 13 atom stereocenters. The van der Waals surface area contributed by atoms with Gasteiger partial charge >= 0.3 is 0 Å². The molecule has 3 aliphatic rings. The number of hydrogen-bond acceptors (Lipinski definition) is 13. The zero-order chi connectivity index (χ0) is 22.2. The number of hydrogen-bond donors (Lipinski definition) is 9. The molecule has 0 unspecified atom stereocenters. The third kappa shape index (κ3) is 4.63. The standard InChI is InChI=1S/C17H31NO12/c1-5-9(22)10(23)12(25)16(27-5)30-15-8(4-20)28-17(13(26)11(15)24)29-14-6(3-19)18-2-7(14)21/h5-26H,2-4H2,1H3/t5-,6-,7-,8-,9-,10+,11-,12-,13-,14-,15-,16-,17+/m1/s1. The Bertz CT molecular complexity index is 555. The van der Waals surface area contributed by atoms with Crippen LogP contribution in [0.1, 0.15) is 6.92 Å². The molecule has 13 nitrogen and oxygen atoms in total. The minimum Gasteiger partial charge on any atom is -0.395 e. The number of rotatable bonds is 6. The molecule has 0 aromatic rings. The van der Waals surface area contributed by atoms with E-state index < -0.39 is 86.3 Å². The lowest BCUT2D eigenvalue weighted by Gasteiger charge is -2.46. The third-order valence-corrected chi connectivity index (χ3v) is 5.77. The zero-order valence-electron chi connectivity index (χ0n) is 16.3. The van der Waals surface area contributed by atoms with Gasteiger partial charge < -0.3 is 65.1 Å². The number of nitrogens with one attached hydrogen (secondary N) is 1. The van der Waals surface area contributed by atoms with E-state index >= 15 is 0 Å². The molecule has 3 fully saturated rings. The fourth-order valence-electron chi connectivity index (χ4n) is 3.90. The highest BCUT2D eigenvalue weighted by atomic mass is 16.7. The Morgan fingerprint density at radius 3 is 2.00 bits per heavy atom. The van der Waals surface area contributed by atoms with Crippen molar-refractivity contribution in [3.05, 3.63) is 0 Å². The summed E-state index contributed by atoms with van der Waals surface area (Å²) in [4.78, 5) is 0. The Labute approximate surface area is 172 Å². The predicted octanol–water partition coefficient (Wildman–Crippen LogP) is -5.65. The number of β-amino-alcohol motifs (C(OH)–C–C–N with tert-alkyl or cyclic N) is 1. The van der Waals surface area contributed by atoms with E-state index in [4.69, 9.17) is 18.9 Å². The lowest BCUT2D eigenvalue weighted by atomic mass is 9.97. The van der Waals surface area contributed by atoms with Crippen molar-refractivity contribution >= 4 is 0 Å². The summed E-state index contributed by atoms with van der Waals surface area (Å²) in [6.45, 7) is 0.600. The van der Waals surface area contributed by atoms with Crippen molar-refractivity contribution < 1.29 is 59.8 Å². The highest BCUT2D eigenvalue weighted by molar-refractivity contribution is 4.96. The molecule has 0 radical (unpaired) electrons. The van der Waals surface area contributed by atoms with Crippen LogP contribution < -0.4 is 5.32 Å². The van der Waals surface area contributed by atoms with Gasteiger partial charge in [0, 0.05) is 6.54 Å². The van der Waals surface area contributed by atoms with E-state index in [1.165, 1.54) is 6.92 Å². The van der Waals surface area contributed by atoms with E-state index in [0.29, 0.717) is 0 Å². The third-order valence-electron chi connectivity index (χ3n) is 5.77. The molecule has 3 rings (SSSR count). The Hall–Kier alpha value is -0.520. The molecule has 3 heterocycles. The van der Waals surface area contributed by atoms with Crippen LogP contribution in [-0.2, 0) is 18.9 Å². The zero-order valence-corrected chi connectivity index (χ0v) is 16.3. The maximum atomic E-state index is 10.6. The first-order valence-electron chi connectivity index (χ1n) is 9.84. The monoisotopic (exact) mass is 441 g/mol. The molecular formula is C17H31NO12. The van der Waals surface area contributed by atoms with Gasteiger partial charge in [-0.25, -0.2) is 0 Å². The van der Waals surface area contributed by atoms with Gasteiger partial charge in [-0.1, -0.05) is 0 Å². The summed E-state index contributed by atoms with van der Waals surface area (Å²) in [6, 6.07) is -0.616. The minimum absolute atomic E-state index is 0.152. The van der Waals surface area contributed by atoms with Crippen molar-refractivity contribution in [2.75, 3.05) is 19.8 Å². The van der Waals surface area contributed by atoms with Crippen LogP contribution in [0.3, 0.4) is 0 Å². The second kappa shape index (κ2) is 9.95. The lowest BCUT2D eigenvalue weighted by molar-refractivity contribution is -0.361. The van der Waals surface area contributed by atoms with Gasteiger partial charge in [0.05, 0.1) is 31.5 Å². The maximum Gasteiger partial charge on any atom is 0.187 e. The second-order valence-electron chi connectivity index (χ2n) is 7.85. The molecule has 13 heteroatoms. The quantitative estimate of drug-likeness (QED) is 0.188. The fraction of sp³-hybridized carbons (Fsp3) is 1.00. The van der Waals surface area contributed by atoms with E-state index in [0.717, 1.165) is 0 Å². The normalized spacial score (nSPS) is 52.5. The molecule has 0 bridgehead atoms. The van der Waals surface area contributed by atoms with Crippen LogP contribution in [-0.4, -0.2) is 140 Å². The number of ether oxygens (including phenoxy) is 4. The average molecular weight is 441 g/mol. The average Bonchev–Trinajstić information content (AvgIpc) is 3.09. The predicted molar refractivity (Wildman–Crippen MR) is 94.7 cm³/mol. The number of aliphatic hydroxyl groups is 8. The van der Waals surface area contributed by atoms with Crippen molar-refractivity contribution in [1.82, 2.24) is 5.32 Å². The summed E-state index contributed by atoms with van der Waals surface area (Å²) in [5.41, 5.74) is 0. The van der Waals surface area contributed by atoms with Crippen molar-refractivity contribution in [1.29, 1.82) is 0 Å². The summed E-state index contributed by atoms with van der Waals surface area (Å²) in [7, 11) is 0. The molecule has 9 N–H and O–H groups in total. The Kier molecular flexibility index (Phi) is 8.01. The van der Waals surface area contributed by atoms with Gasteiger partial charge in [-0.15, -0.1) is 0 Å². The van der Waals surface area contributed by atoms with Gasteiger partial charge in [0.25, 0.3) is 0 Å². The van der Waals surface area contributed by atoms with Gasteiger partial charge in [0.15, 0.2) is 12.6 Å². The Morgan fingerprint density at radius 2 is 1.37 bits per heavy atom. The fourth-order valence-corrected chi connectivity index (χ4v) is 3.90. The highest BCUT2D eigenvalue weighted by Gasteiger charge is 2.51. The van der Waals surface area contributed by atoms with Crippen LogP contribution in [0.25, 0.3) is 0 Å². The van der Waals surface area contributed by atoms with Crippen molar-refractivity contribution in [2.45, 2.75) is 86.6 Å². The number of aliphatic hydroxyl groups excluding tert-OH is 8. The first kappa shape index (κ1) is 24.1. The summed E-state index contributed by atoms with van der Waals surface area (Å²) < 4.78 is 21.9. The highest BCUT2D eigenvalue weighted by Crippen LogP contribution is 2.30. The summed E-state index contributed by atoms with van der Waals surface area (Å²) in [6.07, 6.45) is -16.2. The van der Waals surface area contributed by atoms with Gasteiger partial charge in [0.2, 0.25) is 0 Å². The molecule has 30 heavy (non-hydrogen) atoms. The van der Waals surface area contributed by atoms with Crippen LogP contribution in [0.15, 0.2) is 0 Å². The topological polar surface area (TPSA) is 211 Å².